The molecule has 1 nitrogen and oxygen atoms in total. The number of rotatable bonds is 0. The van der Waals surface area contributed by atoms with Crippen LogP contribution < -0.4 is 0 Å². The lowest BCUT2D eigenvalue weighted by Crippen LogP contribution is -1.88. The molecule has 0 saturated carbocycles. The van der Waals surface area contributed by atoms with Crippen LogP contribution in [0.25, 0.3) is 10.9 Å². The van der Waals surface area contributed by atoms with Crippen LogP contribution in [0.4, 0.5) is 4.39 Å². The van der Waals surface area contributed by atoms with Gasteiger partial charge in [-0.25, -0.2) is 4.39 Å². The Kier molecular flexibility index (Phi) is 2.62. The number of pyridine rings is 1. The molecule has 0 amide bonds. The number of nitrogens with zero attached hydrogens (tertiary/aromatic N) is 1. The van der Waals surface area contributed by atoms with E-state index >= 15 is 0 Å². The number of hydrogen-bond acceptors (Lipinski definition) is 1. The average molecular weight is 322 g/mol. The van der Waals surface area contributed by atoms with Crippen LogP contribution in [0.15, 0.2) is 18.3 Å². The van der Waals surface area contributed by atoms with Crippen LogP contribution in [0.2, 0.25) is 5.02 Å². The highest BCUT2D eigenvalue weighted by atomic mass is 127. The van der Waals surface area contributed by atoms with E-state index in [1.807, 2.05) is 6.92 Å². The van der Waals surface area contributed by atoms with Crippen molar-refractivity contribution in [1.29, 1.82) is 0 Å². The third kappa shape index (κ3) is 1.59. The standard InChI is InChI=1S/C10H6ClFIN/c1-5-2-6(12)3-8-9(5)10(11)7(13)4-14-8/h2-4H,1H3. The van der Waals surface area contributed by atoms with E-state index in [1.165, 1.54) is 12.1 Å². The summed E-state index contributed by atoms with van der Waals surface area (Å²) < 4.78 is 13.9. The molecule has 2 rings (SSSR count). The molecule has 1 aromatic carbocycles. The summed E-state index contributed by atoms with van der Waals surface area (Å²) in [5.41, 5.74) is 1.42. The second-order valence-electron chi connectivity index (χ2n) is 3.04. The van der Waals surface area contributed by atoms with Gasteiger partial charge in [0.2, 0.25) is 0 Å². The van der Waals surface area contributed by atoms with Crippen molar-refractivity contribution in [1.82, 2.24) is 4.98 Å². The number of aryl methyl sites for hydroxylation is 1. The summed E-state index contributed by atoms with van der Waals surface area (Å²) in [6.07, 6.45) is 1.64. The van der Waals surface area contributed by atoms with Gasteiger partial charge in [-0.2, -0.15) is 0 Å². The Balaban J connectivity index is 2.95. The van der Waals surface area contributed by atoms with Crippen LogP contribution in [0.5, 0.6) is 0 Å². The molecule has 14 heavy (non-hydrogen) atoms. The molecule has 0 saturated heterocycles. The van der Waals surface area contributed by atoms with E-state index in [9.17, 15) is 4.39 Å². The van der Waals surface area contributed by atoms with Gasteiger partial charge in [0.05, 0.1) is 14.1 Å². The third-order valence-corrected chi connectivity index (χ3v) is 3.55. The minimum Gasteiger partial charge on any atom is -0.255 e. The molecule has 0 fully saturated rings. The lowest BCUT2D eigenvalue weighted by Gasteiger charge is -2.05. The van der Waals surface area contributed by atoms with E-state index in [0.717, 1.165) is 14.5 Å². The van der Waals surface area contributed by atoms with Gasteiger partial charge in [-0.3, -0.25) is 4.98 Å². The van der Waals surface area contributed by atoms with Crippen molar-refractivity contribution >= 4 is 45.1 Å². The smallest absolute Gasteiger partial charge is 0.125 e. The van der Waals surface area contributed by atoms with Gasteiger partial charge in [-0.05, 0) is 41.1 Å². The molecule has 72 valence electrons. The fraction of sp³-hybridized carbons (Fsp3) is 0.100. The molecule has 1 heterocycles. The normalized spacial score (nSPS) is 10.9. The molecular weight excluding hydrogens is 315 g/mol. The first-order valence-corrected chi connectivity index (χ1v) is 5.45. The summed E-state index contributed by atoms with van der Waals surface area (Å²) in [7, 11) is 0. The van der Waals surface area contributed by atoms with Crippen LogP contribution in [-0.4, -0.2) is 4.98 Å². The van der Waals surface area contributed by atoms with Crippen molar-refractivity contribution in [3.05, 3.63) is 38.3 Å². The molecule has 0 aliphatic heterocycles. The molecule has 0 unspecified atom stereocenters. The van der Waals surface area contributed by atoms with Crippen molar-refractivity contribution in [2.24, 2.45) is 0 Å². The molecular formula is C10H6ClFIN. The lowest BCUT2D eigenvalue weighted by atomic mass is 10.1. The summed E-state index contributed by atoms with van der Waals surface area (Å²) in [4.78, 5) is 4.13. The minimum atomic E-state index is -0.278. The van der Waals surface area contributed by atoms with Gasteiger partial charge in [0.15, 0.2) is 0 Å². The fourth-order valence-corrected chi connectivity index (χ4v) is 2.12. The van der Waals surface area contributed by atoms with E-state index in [2.05, 4.69) is 27.6 Å². The zero-order chi connectivity index (χ0) is 10.3. The van der Waals surface area contributed by atoms with Crippen LogP contribution in [0.1, 0.15) is 5.56 Å². The number of aromatic nitrogens is 1. The molecule has 0 aliphatic rings. The Labute approximate surface area is 99.4 Å². The Morgan fingerprint density at radius 1 is 1.43 bits per heavy atom. The molecule has 0 bridgehead atoms. The number of halogens is 3. The molecule has 0 radical (unpaired) electrons. The van der Waals surface area contributed by atoms with E-state index in [1.54, 1.807) is 6.20 Å². The van der Waals surface area contributed by atoms with Gasteiger partial charge >= 0.3 is 0 Å². The van der Waals surface area contributed by atoms with Crippen LogP contribution in [0, 0.1) is 16.3 Å². The van der Waals surface area contributed by atoms with Crippen LogP contribution >= 0.6 is 34.2 Å². The van der Waals surface area contributed by atoms with Crippen molar-refractivity contribution in [2.45, 2.75) is 6.92 Å². The van der Waals surface area contributed by atoms with Gasteiger partial charge in [-0.1, -0.05) is 11.6 Å². The summed E-state index contributed by atoms with van der Waals surface area (Å²) >= 11 is 8.22. The van der Waals surface area contributed by atoms with Gasteiger partial charge in [-0.15, -0.1) is 0 Å². The van der Waals surface area contributed by atoms with Crippen molar-refractivity contribution < 1.29 is 4.39 Å². The predicted octanol–water partition coefficient (Wildman–Crippen LogP) is 3.94. The van der Waals surface area contributed by atoms with E-state index < -0.39 is 0 Å². The van der Waals surface area contributed by atoms with Crippen LogP contribution in [-0.2, 0) is 0 Å². The first-order chi connectivity index (χ1) is 6.59. The quantitative estimate of drug-likeness (QED) is 0.670. The maximum atomic E-state index is 13.0. The van der Waals surface area contributed by atoms with Crippen LogP contribution in [0.3, 0.4) is 0 Å². The van der Waals surface area contributed by atoms with E-state index in [4.69, 9.17) is 11.6 Å². The van der Waals surface area contributed by atoms with Crippen molar-refractivity contribution in [3.63, 3.8) is 0 Å². The molecule has 0 spiro atoms. The largest absolute Gasteiger partial charge is 0.255 e. The van der Waals surface area contributed by atoms with Gasteiger partial charge < -0.3 is 0 Å². The first-order valence-electron chi connectivity index (χ1n) is 3.99. The fourth-order valence-electron chi connectivity index (χ4n) is 1.42. The first kappa shape index (κ1) is 10.1. The SMILES string of the molecule is Cc1cc(F)cc2ncc(I)c(Cl)c12. The van der Waals surface area contributed by atoms with Gasteiger partial charge in [0, 0.05) is 17.6 Å². The Morgan fingerprint density at radius 3 is 2.86 bits per heavy atom. The summed E-state index contributed by atoms with van der Waals surface area (Å²) in [5.74, 6) is -0.278. The topological polar surface area (TPSA) is 12.9 Å². The molecule has 0 aliphatic carbocycles. The summed E-state index contributed by atoms with van der Waals surface area (Å²) in [6.45, 7) is 1.83. The predicted molar refractivity (Wildman–Crippen MR) is 64.2 cm³/mol. The second kappa shape index (κ2) is 3.62. The molecule has 0 N–H and O–H groups in total. The Morgan fingerprint density at radius 2 is 2.14 bits per heavy atom. The summed E-state index contributed by atoms with van der Waals surface area (Å²) in [6, 6.07) is 2.86. The van der Waals surface area contributed by atoms with Crippen molar-refractivity contribution in [3.8, 4) is 0 Å². The maximum absolute atomic E-state index is 13.0. The molecule has 4 heteroatoms. The molecule has 2 aromatic rings. The Hall–Kier alpha value is -0.420. The van der Waals surface area contributed by atoms with Crippen molar-refractivity contribution in [2.75, 3.05) is 0 Å². The minimum absolute atomic E-state index is 0.278. The number of benzene rings is 1. The number of hydrogen-bond donors (Lipinski definition) is 0. The van der Waals surface area contributed by atoms with E-state index in [0.29, 0.717) is 10.5 Å². The highest BCUT2D eigenvalue weighted by Gasteiger charge is 2.08. The van der Waals surface area contributed by atoms with Gasteiger partial charge in [0.25, 0.3) is 0 Å². The highest BCUT2D eigenvalue weighted by molar-refractivity contribution is 14.1. The highest BCUT2D eigenvalue weighted by Crippen LogP contribution is 2.29. The van der Waals surface area contributed by atoms with Gasteiger partial charge in [0.1, 0.15) is 5.82 Å². The zero-order valence-corrected chi connectivity index (χ0v) is 10.2. The van der Waals surface area contributed by atoms with E-state index in [-0.39, 0.29) is 5.82 Å². The average Bonchev–Trinajstić information content (AvgIpc) is 2.10. The second-order valence-corrected chi connectivity index (χ2v) is 4.58. The molecule has 0 atom stereocenters. The molecule has 1 aromatic heterocycles. The maximum Gasteiger partial charge on any atom is 0.125 e. The summed E-state index contributed by atoms with van der Waals surface area (Å²) in [5, 5.41) is 1.48. The zero-order valence-electron chi connectivity index (χ0n) is 7.31. The Bertz CT molecular complexity index is 513. The monoisotopic (exact) mass is 321 g/mol. The number of fused-ring (bicyclic) bond motifs is 1. The lowest BCUT2D eigenvalue weighted by molar-refractivity contribution is 0.628. The third-order valence-electron chi connectivity index (χ3n) is 2.03.